The fourth-order valence-electron chi connectivity index (χ4n) is 3.93. The van der Waals surface area contributed by atoms with Crippen LogP contribution in [-0.4, -0.2) is 55.8 Å². The molecule has 0 atom stereocenters. The van der Waals surface area contributed by atoms with Crippen LogP contribution in [0, 0.1) is 5.82 Å². The Balaban J connectivity index is 1.18. The van der Waals surface area contributed by atoms with Crippen molar-refractivity contribution in [3.8, 4) is 5.69 Å². The Kier molecular flexibility index (Phi) is 5.14. The maximum atomic E-state index is 13.1. The number of aromatic amines is 1. The molecule has 2 aromatic heterocycles. The van der Waals surface area contributed by atoms with E-state index in [0.717, 1.165) is 10.9 Å². The lowest BCUT2D eigenvalue weighted by atomic mass is 10.0. The van der Waals surface area contributed by atoms with E-state index < -0.39 is 0 Å². The smallest absolute Gasteiger partial charge is 0.276 e. The normalized spacial score (nSPS) is 14.6. The van der Waals surface area contributed by atoms with Gasteiger partial charge in [0.2, 0.25) is 0 Å². The fourth-order valence-corrected chi connectivity index (χ4v) is 3.93. The monoisotopic (exact) mass is 432 g/mol. The van der Waals surface area contributed by atoms with Gasteiger partial charge in [0.05, 0.1) is 11.9 Å². The minimum atomic E-state index is -0.343. The highest BCUT2D eigenvalue weighted by atomic mass is 19.1. The second-order valence-corrected chi connectivity index (χ2v) is 7.83. The number of fused-ring (bicyclic) bond motifs is 1. The lowest BCUT2D eigenvalue weighted by Gasteiger charge is -2.31. The number of para-hydroxylation sites is 1. The lowest BCUT2D eigenvalue weighted by Crippen LogP contribution is -2.46. The molecule has 0 saturated carbocycles. The topological polar surface area (TPSA) is 95.9 Å². The predicted molar refractivity (Wildman–Crippen MR) is 116 cm³/mol. The van der Waals surface area contributed by atoms with E-state index in [1.807, 2.05) is 30.3 Å². The minimum absolute atomic E-state index is 0.00661. The molecule has 0 bridgehead atoms. The summed E-state index contributed by atoms with van der Waals surface area (Å²) in [7, 11) is 0. The van der Waals surface area contributed by atoms with E-state index in [1.54, 1.807) is 23.2 Å². The van der Waals surface area contributed by atoms with E-state index in [2.05, 4.69) is 20.6 Å². The Morgan fingerprint density at radius 3 is 2.56 bits per heavy atom. The Bertz CT molecular complexity index is 1240. The van der Waals surface area contributed by atoms with Crippen LogP contribution < -0.4 is 5.32 Å². The number of carbonyl (C=O) groups is 2. The van der Waals surface area contributed by atoms with E-state index in [9.17, 15) is 14.0 Å². The first-order valence-electron chi connectivity index (χ1n) is 10.4. The Labute approximate surface area is 183 Å². The largest absolute Gasteiger partial charge is 0.351 e. The number of nitrogens with one attached hydrogen (secondary N) is 2. The van der Waals surface area contributed by atoms with Gasteiger partial charge in [0.25, 0.3) is 11.8 Å². The Morgan fingerprint density at radius 2 is 1.81 bits per heavy atom. The summed E-state index contributed by atoms with van der Waals surface area (Å²) in [6, 6.07) is 15.4. The molecule has 0 spiro atoms. The Hall–Kier alpha value is -4.01. The molecule has 9 heteroatoms. The van der Waals surface area contributed by atoms with Gasteiger partial charge in [0, 0.05) is 30.0 Å². The van der Waals surface area contributed by atoms with Crippen molar-refractivity contribution in [2.24, 2.45) is 0 Å². The van der Waals surface area contributed by atoms with Crippen molar-refractivity contribution in [3.63, 3.8) is 0 Å². The molecular weight excluding hydrogens is 411 g/mol. The molecule has 4 aromatic rings. The van der Waals surface area contributed by atoms with Crippen molar-refractivity contribution in [3.05, 3.63) is 78.0 Å². The van der Waals surface area contributed by atoms with Crippen molar-refractivity contribution in [2.45, 2.75) is 18.9 Å². The van der Waals surface area contributed by atoms with Gasteiger partial charge in [-0.2, -0.15) is 0 Å². The average molecular weight is 432 g/mol. The molecule has 162 valence electrons. The number of piperidine rings is 1. The second-order valence-electron chi connectivity index (χ2n) is 7.83. The minimum Gasteiger partial charge on any atom is -0.351 e. The van der Waals surface area contributed by atoms with Gasteiger partial charge in [-0.15, -0.1) is 5.10 Å². The van der Waals surface area contributed by atoms with Crippen LogP contribution in [0.2, 0.25) is 0 Å². The van der Waals surface area contributed by atoms with Crippen LogP contribution in [0.4, 0.5) is 4.39 Å². The van der Waals surface area contributed by atoms with Crippen LogP contribution in [0.5, 0.6) is 0 Å². The van der Waals surface area contributed by atoms with Crippen LogP contribution in [0.15, 0.2) is 60.8 Å². The summed E-state index contributed by atoms with van der Waals surface area (Å²) < 4.78 is 14.5. The molecule has 0 radical (unpaired) electrons. The molecule has 1 aliphatic heterocycles. The molecule has 0 unspecified atom stereocenters. The standard InChI is InChI=1S/C23H21FN6O2/c24-16-5-7-18(8-6-16)30-14-21(27-28-30)23(32)29-11-9-17(10-12-29)25-22(31)20-13-15-3-1-2-4-19(15)26-20/h1-8,13-14,17,26H,9-12H2,(H,25,31). The predicted octanol–water partition coefficient (Wildman–Crippen LogP) is 2.92. The lowest BCUT2D eigenvalue weighted by molar-refractivity contribution is 0.0692. The number of carbonyl (C=O) groups excluding carboxylic acids is 2. The van der Waals surface area contributed by atoms with Gasteiger partial charge < -0.3 is 15.2 Å². The number of benzene rings is 2. The van der Waals surface area contributed by atoms with Crippen molar-refractivity contribution < 1.29 is 14.0 Å². The van der Waals surface area contributed by atoms with E-state index in [4.69, 9.17) is 0 Å². The molecule has 2 N–H and O–H groups in total. The number of likely N-dealkylation sites (tertiary alicyclic amines) is 1. The summed E-state index contributed by atoms with van der Waals surface area (Å²) in [5.41, 5.74) is 2.31. The molecular formula is C23H21FN6O2. The quantitative estimate of drug-likeness (QED) is 0.518. The highest BCUT2D eigenvalue weighted by Gasteiger charge is 2.26. The van der Waals surface area contributed by atoms with Gasteiger partial charge in [0.1, 0.15) is 11.5 Å². The van der Waals surface area contributed by atoms with E-state index in [0.29, 0.717) is 37.3 Å². The molecule has 1 saturated heterocycles. The van der Waals surface area contributed by atoms with Crippen LogP contribution in [-0.2, 0) is 0 Å². The zero-order chi connectivity index (χ0) is 22.1. The molecule has 5 rings (SSSR count). The highest BCUT2D eigenvalue weighted by molar-refractivity contribution is 5.98. The number of amides is 2. The van der Waals surface area contributed by atoms with Crippen LogP contribution in [0.3, 0.4) is 0 Å². The number of halogens is 1. The summed E-state index contributed by atoms with van der Waals surface area (Å²) in [5, 5.41) is 12.0. The van der Waals surface area contributed by atoms with Gasteiger partial charge in [0.15, 0.2) is 5.69 Å². The van der Waals surface area contributed by atoms with E-state index >= 15 is 0 Å². The molecule has 1 aliphatic rings. The van der Waals surface area contributed by atoms with E-state index in [1.165, 1.54) is 16.8 Å². The van der Waals surface area contributed by atoms with Crippen LogP contribution in [0.1, 0.15) is 33.8 Å². The van der Waals surface area contributed by atoms with Crippen molar-refractivity contribution in [1.82, 2.24) is 30.2 Å². The zero-order valence-electron chi connectivity index (χ0n) is 17.2. The van der Waals surface area contributed by atoms with E-state index in [-0.39, 0.29) is 29.4 Å². The fraction of sp³-hybridized carbons (Fsp3) is 0.217. The van der Waals surface area contributed by atoms with Crippen LogP contribution in [0.25, 0.3) is 16.6 Å². The van der Waals surface area contributed by atoms with Gasteiger partial charge in [-0.3, -0.25) is 9.59 Å². The second kappa shape index (κ2) is 8.26. The molecule has 2 amide bonds. The molecule has 3 heterocycles. The third-order valence-electron chi connectivity index (χ3n) is 5.70. The third-order valence-corrected chi connectivity index (χ3v) is 5.70. The van der Waals surface area contributed by atoms with Crippen LogP contribution >= 0.6 is 0 Å². The maximum Gasteiger partial charge on any atom is 0.276 e. The maximum absolute atomic E-state index is 13.1. The van der Waals surface area contributed by atoms with Crippen molar-refractivity contribution in [2.75, 3.05) is 13.1 Å². The number of hydrogen-bond acceptors (Lipinski definition) is 4. The molecule has 2 aromatic carbocycles. The summed E-state index contributed by atoms with van der Waals surface area (Å²) in [6.07, 6.45) is 2.85. The first kappa shape index (κ1) is 19.9. The van der Waals surface area contributed by atoms with Crippen molar-refractivity contribution >= 4 is 22.7 Å². The number of aromatic nitrogens is 4. The Morgan fingerprint density at radius 1 is 1.06 bits per heavy atom. The summed E-state index contributed by atoms with van der Waals surface area (Å²) in [5.74, 6) is -0.698. The number of rotatable bonds is 4. The summed E-state index contributed by atoms with van der Waals surface area (Å²) >= 11 is 0. The summed E-state index contributed by atoms with van der Waals surface area (Å²) in [4.78, 5) is 30.3. The first-order valence-corrected chi connectivity index (χ1v) is 10.4. The van der Waals surface area contributed by atoms with Gasteiger partial charge in [-0.1, -0.05) is 23.4 Å². The third kappa shape index (κ3) is 3.96. The average Bonchev–Trinajstić information content (AvgIpc) is 3.47. The first-order chi connectivity index (χ1) is 15.6. The SMILES string of the molecule is O=C(NC1CCN(C(=O)c2cn(-c3ccc(F)cc3)nn2)CC1)c1cc2ccccc2[nH]1. The molecule has 0 aliphatic carbocycles. The highest BCUT2D eigenvalue weighted by Crippen LogP contribution is 2.17. The van der Waals surface area contributed by atoms with Gasteiger partial charge in [-0.05, 0) is 49.2 Å². The van der Waals surface area contributed by atoms with Crippen molar-refractivity contribution in [1.29, 1.82) is 0 Å². The van der Waals surface area contributed by atoms with Gasteiger partial charge >= 0.3 is 0 Å². The number of hydrogen-bond donors (Lipinski definition) is 2. The zero-order valence-corrected chi connectivity index (χ0v) is 17.2. The molecule has 8 nitrogen and oxygen atoms in total. The molecule has 32 heavy (non-hydrogen) atoms. The molecule has 1 fully saturated rings. The number of H-pyrrole nitrogens is 1. The van der Waals surface area contributed by atoms with Gasteiger partial charge in [-0.25, -0.2) is 9.07 Å². The number of nitrogens with zero attached hydrogens (tertiary/aromatic N) is 4. The summed E-state index contributed by atoms with van der Waals surface area (Å²) in [6.45, 7) is 1.03.